The minimum atomic E-state index is -0.652. The van der Waals surface area contributed by atoms with E-state index < -0.39 is 18.4 Å². The molecular formula is C19H16Cl3NO4. The number of hydrogen-bond acceptors (Lipinski definition) is 4. The van der Waals surface area contributed by atoms with Crippen LogP contribution in [0.1, 0.15) is 28.8 Å². The Morgan fingerprint density at radius 3 is 2.41 bits per heavy atom. The second-order valence-electron chi connectivity index (χ2n) is 5.72. The number of rotatable bonds is 7. The van der Waals surface area contributed by atoms with E-state index in [0.717, 1.165) is 5.56 Å². The molecule has 0 aromatic heterocycles. The van der Waals surface area contributed by atoms with Crippen molar-refractivity contribution in [2.24, 2.45) is 0 Å². The molecule has 142 valence electrons. The average molecular weight is 429 g/mol. The van der Waals surface area contributed by atoms with Gasteiger partial charge in [-0.15, -0.1) is 0 Å². The third kappa shape index (κ3) is 6.54. The highest BCUT2D eigenvalue weighted by molar-refractivity contribution is 6.42. The number of hydrogen-bond donors (Lipinski definition) is 1. The van der Waals surface area contributed by atoms with Gasteiger partial charge in [-0.2, -0.15) is 0 Å². The number of ketones is 1. The fraction of sp³-hybridized carbons (Fsp3) is 0.211. The third-order valence-corrected chi connectivity index (χ3v) is 4.61. The van der Waals surface area contributed by atoms with E-state index in [1.807, 2.05) is 6.92 Å². The summed E-state index contributed by atoms with van der Waals surface area (Å²) >= 11 is 17.5. The first-order chi connectivity index (χ1) is 12.8. The Bertz CT molecular complexity index is 883. The van der Waals surface area contributed by atoms with Gasteiger partial charge >= 0.3 is 5.97 Å². The summed E-state index contributed by atoms with van der Waals surface area (Å²) < 4.78 is 4.91. The smallest absolute Gasteiger partial charge is 0.306 e. The summed E-state index contributed by atoms with van der Waals surface area (Å²) in [5, 5.41) is 3.74. The predicted molar refractivity (Wildman–Crippen MR) is 106 cm³/mol. The molecular weight excluding hydrogens is 413 g/mol. The largest absolute Gasteiger partial charge is 0.457 e. The van der Waals surface area contributed by atoms with Crippen molar-refractivity contribution in [3.8, 4) is 0 Å². The highest BCUT2D eigenvalue weighted by Gasteiger charge is 2.13. The maximum Gasteiger partial charge on any atom is 0.306 e. The maximum atomic E-state index is 12.0. The molecule has 0 atom stereocenters. The van der Waals surface area contributed by atoms with Crippen molar-refractivity contribution in [3.63, 3.8) is 0 Å². The van der Waals surface area contributed by atoms with Crippen molar-refractivity contribution in [2.75, 3.05) is 11.9 Å². The number of nitrogens with one attached hydrogen (secondary N) is 1. The molecule has 8 heteroatoms. The normalized spacial score (nSPS) is 10.4. The van der Waals surface area contributed by atoms with E-state index in [4.69, 9.17) is 39.5 Å². The Morgan fingerprint density at radius 1 is 0.963 bits per heavy atom. The van der Waals surface area contributed by atoms with E-state index in [-0.39, 0.29) is 29.3 Å². The zero-order chi connectivity index (χ0) is 20.0. The zero-order valence-electron chi connectivity index (χ0n) is 14.4. The van der Waals surface area contributed by atoms with Gasteiger partial charge in [-0.3, -0.25) is 14.4 Å². The average Bonchev–Trinajstić information content (AvgIpc) is 2.63. The number of carbonyl (C=O) groups is 3. The van der Waals surface area contributed by atoms with Crippen LogP contribution < -0.4 is 5.32 Å². The van der Waals surface area contributed by atoms with Crippen molar-refractivity contribution in [1.29, 1.82) is 0 Å². The van der Waals surface area contributed by atoms with Gasteiger partial charge in [-0.05, 0) is 42.8 Å². The van der Waals surface area contributed by atoms with E-state index in [2.05, 4.69) is 5.32 Å². The van der Waals surface area contributed by atoms with Gasteiger partial charge in [0.05, 0.1) is 16.5 Å². The SMILES string of the molecule is Cc1ccc(Cl)cc1NC(=O)CCC(=O)OCC(=O)c1ccc(Cl)c(Cl)c1. The van der Waals surface area contributed by atoms with Crippen molar-refractivity contribution < 1.29 is 19.1 Å². The molecule has 2 aromatic rings. The van der Waals surface area contributed by atoms with Gasteiger partial charge in [0, 0.05) is 22.7 Å². The Kier molecular flexibility index (Phi) is 7.66. The summed E-state index contributed by atoms with van der Waals surface area (Å²) in [5.74, 6) is -1.42. The molecule has 2 aromatic carbocycles. The monoisotopic (exact) mass is 427 g/mol. The lowest BCUT2D eigenvalue weighted by molar-refractivity contribution is -0.143. The summed E-state index contributed by atoms with van der Waals surface area (Å²) in [5.41, 5.74) is 1.71. The van der Waals surface area contributed by atoms with E-state index in [0.29, 0.717) is 15.7 Å². The van der Waals surface area contributed by atoms with Crippen LogP contribution in [-0.2, 0) is 14.3 Å². The predicted octanol–water partition coefficient (Wildman–Crippen LogP) is 5.10. The summed E-state index contributed by atoms with van der Waals surface area (Å²) in [6.45, 7) is 1.39. The second-order valence-corrected chi connectivity index (χ2v) is 6.97. The van der Waals surface area contributed by atoms with Gasteiger partial charge in [0.1, 0.15) is 0 Å². The van der Waals surface area contributed by atoms with Gasteiger partial charge in [0.15, 0.2) is 12.4 Å². The number of anilines is 1. The van der Waals surface area contributed by atoms with Crippen LogP contribution in [0.4, 0.5) is 5.69 Å². The number of ether oxygens (including phenoxy) is 1. The molecule has 2 rings (SSSR count). The molecule has 0 aliphatic rings. The van der Waals surface area contributed by atoms with Gasteiger partial charge in [0.2, 0.25) is 5.91 Å². The van der Waals surface area contributed by atoms with Crippen LogP contribution in [0.2, 0.25) is 15.1 Å². The standard InChI is InChI=1S/C19H16Cl3NO4/c1-11-2-4-13(20)9-16(11)23-18(25)6-7-19(26)27-10-17(24)12-3-5-14(21)15(22)8-12/h2-5,8-9H,6-7,10H2,1H3,(H,23,25). The van der Waals surface area contributed by atoms with Crippen molar-refractivity contribution in [3.05, 3.63) is 62.6 Å². The highest BCUT2D eigenvalue weighted by Crippen LogP contribution is 2.23. The summed E-state index contributed by atoms with van der Waals surface area (Å²) in [6.07, 6.45) is -0.230. The lowest BCUT2D eigenvalue weighted by Crippen LogP contribution is -2.17. The van der Waals surface area contributed by atoms with Crippen LogP contribution in [0, 0.1) is 6.92 Å². The van der Waals surface area contributed by atoms with Gasteiger partial charge in [-0.25, -0.2) is 0 Å². The summed E-state index contributed by atoms with van der Waals surface area (Å²) in [7, 11) is 0. The topological polar surface area (TPSA) is 72.5 Å². The van der Waals surface area contributed by atoms with Crippen molar-refractivity contribution >= 4 is 58.1 Å². The van der Waals surface area contributed by atoms with Crippen LogP contribution in [0.25, 0.3) is 0 Å². The second kappa shape index (κ2) is 9.74. The molecule has 0 unspecified atom stereocenters. The van der Waals surface area contributed by atoms with E-state index in [1.54, 1.807) is 18.2 Å². The van der Waals surface area contributed by atoms with E-state index in [1.165, 1.54) is 18.2 Å². The molecule has 0 bridgehead atoms. The van der Waals surface area contributed by atoms with Crippen molar-refractivity contribution in [2.45, 2.75) is 19.8 Å². The molecule has 0 saturated heterocycles. The molecule has 0 spiro atoms. The van der Waals surface area contributed by atoms with Crippen LogP contribution in [-0.4, -0.2) is 24.3 Å². The fourth-order valence-corrected chi connectivity index (χ4v) is 2.60. The number of esters is 1. The lowest BCUT2D eigenvalue weighted by atomic mass is 10.1. The van der Waals surface area contributed by atoms with Crippen LogP contribution in [0.5, 0.6) is 0 Å². The number of benzene rings is 2. The zero-order valence-corrected chi connectivity index (χ0v) is 16.6. The Labute approximate surface area is 171 Å². The summed E-state index contributed by atoms with van der Waals surface area (Å²) in [6, 6.07) is 9.51. The first-order valence-corrected chi connectivity index (χ1v) is 9.09. The molecule has 1 amide bonds. The Hall–Kier alpha value is -2.08. The van der Waals surface area contributed by atoms with E-state index in [9.17, 15) is 14.4 Å². The first kappa shape index (κ1) is 21.2. The molecule has 0 aliphatic carbocycles. The molecule has 0 aliphatic heterocycles. The maximum absolute atomic E-state index is 12.0. The minimum absolute atomic E-state index is 0.0776. The lowest BCUT2D eigenvalue weighted by Gasteiger charge is -2.09. The molecule has 0 heterocycles. The Balaban J connectivity index is 1.78. The summed E-state index contributed by atoms with van der Waals surface area (Å²) in [4.78, 5) is 35.7. The third-order valence-electron chi connectivity index (χ3n) is 3.64. The number of carbonyl (C=O) groups excluding carboxylic acids is 3. The fourth-order valence-electron chi connectivity index (χ4n) is 2.13. The molecule has 0 fully saturated rings. The van der Waals surface area contributed by atoms with Gasteiger partial charge in [0.25, 0.3) is 0 Å². The van der Waals surface area contributed by atoms with Gasteiger partial charge in [-0.1, -0.05) is 40.9 Å². The molecule has 5 nitrogen and oxygen atoms in total. The minimum Gasteiger partial charge on any atom is -0.457 e. The van der Waals surface area contributed by atoms with Crippen LogP contribution in [0.3, 0.4) is 0 Å². The van der Waals surface area contributed by atoms with Gasteiger partial charge < -0.3 is 10.1 Å². The molecule has 1 N–H and O–H groups in total. The quantitative estimate of drug-likeness (QED) is 0.492. The molecule has 27 heavy (non-hydrogen) atoms. The highest BCUT2D eigenvalue weighted by atomic mass is 35.5. The number of Topliss-reactive ketones (excluding diaryl/α,β-unsaturated/α-hetero) is 1. The van der Waals surface area contributed by atoms with Crippen molar-refractivity contribution in [1.82, 2.24) is 0 Å². The number of amides is 1. The molecule has 0 radical (unpaired) electrons. The number of halogens is 3. The van der Waals surface area contributed by atoms with E-state index >= 15 is 0 Å². The number of aryl methyl sites for hydroxylation is 1. The first-order valence-electron chi connectivity index (χ1n) is 7.96. The van der Waals surface area contributed by atoms with Crippen LogP contribution >= 0.6 is 34.8 Å². The van der Waals surface area contributed by atoms with Crippen LogP contribution in [0.15, 0.2) is 36.4 Å². The molecule has 0 saturated carbocycles. The Morgan fingerprint density at radius 2 is 1.70 bits per heavy atom.